The molecule has 168 valence electrons. The number of rotatable bonds is 10. The van der Waals surface area contributed by atoms with Gasteiger partial charge in [-0.2, -0.15) is 0 Å². The van der Waals surface area contributed by atoms with Gasteiger partial charge >= 0.3 is 0 Å². The van der Waals surface area contributed by atoms with Crippen molar-refractivity contribution in [2.24, 2.45) is 4.99 Å². The number of unbranched alkanes of at least 4 members (excludes halogenated alkanes) is 2. The molecule has 6 heteroatoms. The van der Waals surface area contributed by atoms with Crippen LogP contribution in [0.1, 0.15) is 71.1 Å². The molecule has 1 unspecified atom stereocenters. The second kappa shape index (κ2) is 13.5. The van der Waals surface area contributed by atoms with Crippen LogP contribution >= 0.6 is 0 Å². The van der Waals surface area contributed by atoms with Crippen molar-refractivity contribution in [1.82, 2.24) is 15.1 Å². The van der Waals surface area contributed by atoms with Crippen LogP contribution in [-0.4, -0.2) is 87.0 Å². The molecule has 0 spiro atoms. The molecule has 0 aromatic rings. The van der Waals surface area contributed by atoms with Gasteiger partial charge in [0.15, 0.2) is 5.96 Å². The van der Waals surface area contributed by atoms with Gasteiger partial charge in [-0.05, 0) is 77.9 Å². The molecule has 0 aromatic heterocycles. The van der Waals surface area contributed by atoms with Crippen LogP contribution in [0, 0.1) is 0 Å². The van der Waals surface area contributed by atoms with Gasteiger partial charge in [-0.15, -0.1) is 0 Å². The van der Waals surface area contributed by atoms with E-state index in [-0.39, 0.29) is 0 Å². The Morgan fingerprint density at radius 3 is 2.55 bits per heavy atom. The van der Waals surface area contributed by atoms with Crippen LogP contribution in [0.4, 0.5) is 0 Å². The van der Waals surface area contributed by atoms with Crippen molar-refractivity contribution in [2.45, 2.75) is 83.3 Å². The lowest BCUT2D eigenvalue weighted by Crippen LogP contribution is -2.47. The molecule has 29 heavy (non-hydrogen) atoms. The summed E-state index contributed by atoms with van der Waals surface area (Å²) in [6.45, 7) is 11.7. The van der Waals surface area contributed by atoms with Gasteiger partial charge in [-0.3, -0.25) is 4.99 Å². The topological polar surface area (TPSA) is 49.3 Å². The molecular formula is C23H44N4O2. The molecule has 3 fully saturated rings. The van der Waals surface area contributed by atoms with E-state index in [4.69, 9.17) is 14.5 Å². The molecule has 0 aliphatic carbocycles. The molecule has 3 saturated heterocycles. The van der Waals surface area contributed by atoms with Gasteiger partial charge in [0, 0.05) is 32.8 Å². The van der Waals surface area contributed by atoms with Gasteiger partial charge < -0.3 is 24.6 Å². The lowest BCUT2D eigenvalue weighted by Gasteiger charge is -2.34. The fourth-order valence-electron chi connectivity index (χ4n) is 4.67. The molecule has 3 aliphatic heterocycles. The molecule has 3 rings (SSSR count). The Balaban J connectivity index is 1.29. The smallest absolute Gasteiger partial charge is 0.193 e. The minimum atomic E-state index is 0.335. The van der Waals surface area contributed by atoms with E-state index in [2.05, 4.69) is 22.0 Å². The van der Waals surface area contributed by atoms with Crippen molar-refractivity contribution in [2.75, 3.05) is 59.0 Å². The van der Waals surface area contributed by atoms with E-state index in [0.29, 0.717) is 12.2 Å². The SMILES string of the molecule is CCNC(=NCCCCCN1CCCCC1)N1CCC(OCC2CCCO2)CC1. The van der Waals surface area contributed by atoms with Gasteiger partial charge in [0.2, 0.25) is 0 Å². The van der Waals surface area contributed by atoms with E-state index < -0.39 is 0 Å². The monoisotopic (exact) mass is 408 g/mol. The van der Waals surface area contributed by atoms with Crippen molar-refractivity contribution in [3.63, 3.8) is 0 Å². The van der Waals surface area contributed by atoms with Crippen LogP contribution in [0.5, 0.6) is 0 Å². The molecule has 0 bridgehead atoms. The van der Waals surface area contributed by atoms with E-state index in [0.717, 1.165) is 64.6 Å². The minimum Gasteiger partial charge on any atom is -0.376 e. The molecule has 0 radical (unpaired) electrons. The Bertz CT molecular complexity index is 454. The summed E-state index contributed by atoms with van der Waals surface area (Å²) in [6, 6.07) is 0. The fraction of sp³-hybridized carbons (Fsp3) is 0.957. The highest BCUT2D eigenvalue weighted by Crippen LogP contribution is 2.18. The average molecular weight is 409 g/mol. The Morgan fingerprint density at radius 2 is 1.83 bits per heavy atom. The van der Waals surface area contributed by atoms with E-state index in [1.807, 2.05) is 0 Å². The first kappa shape index (κ1) is 22.8. The van der Waals surface area contributed by atoms with Gasteiger partial charge in [0.05, 0.1) is 18.8 Å². The Kier molecular flexibility index (Phi) is 10.6. The quantitative estimate of drug-likeness (QED) is 0.342. The second-order valence-electron chi connectivity index (χ2n) is 8.85. The maximum atomic E-state index is 6.11. The number of hydrogen-bond donors (Lipinski definition) is 1. The number of likely N-dealkylation sites (tertiary alicyclic amines) is 2. The highest BCUT2D eigenvalue weighted by atomic mass is 16.5. The predicted octanol–water partition coefficient (Wildman–Crippen LogP) is 3.27. The standard InChI is InChI=1S/C23H44N4O2/c1-2-24-23(25-13-5-3-6-14-26-15-7-4-8-16-26)27-17-11-21(12-18-27)29-20-22-10-9-19-28-22/h21-22H,2-20H2,1H3,(H,24,25). The van der Waals surface area contributed by atoms with Crippen LogP contribution in [0.2, 0.25) is 0 Å². The first-order valence-corrected chi connectivity index (χ1v) is 12.3. The third-order valence-electron chi connectivity index (χ3n) is 6.46. The molecular weight excluding hydrogens is 364 g/mol. The zero-order valence-corrected chi connectivity index (χ0v) is 18.7. The summed E-state index contributed by atoms with van der Waals surface area (Å²) in [5.41, 5.74) is 0. The molecule has 0 amide bonds. The second-order valence-corrected chi connectivity index (χ2v) is 8.85. The Morgan fingerprint density at radius 1 is 1.00 bits per heavy atom. The van der Waals surface area contributed by atoms with E-state index in [1.54, 1.807) is 0 Å². The molecule has 6 nitrogen and oxygen atoms in total. The highest BCUT2D eigenvalue weighted by molar-refractivity contribution is 5.80. The summed E-state index contributed by atoms with van der Waals surface area (Å²) < 4.78 is 11.8. The zero-order valence-electron chi connectivity index (χ0n) is 18.7. The number of hydrogen-bond acceptors (Lipinski definition) is 4. The minimum absolute atomic E-state index is 0.335. The number of nitrogens with one attached hydrogen (secondary N) is 1. The summed E-state index contributed by atoms with van der Waals surface area (Å²) >= 11 is 0. The molecule has 0 aromatic carbocycles. The fourth-order valence-corrected chi connectivity index (χ4v) is 4.67. The largest absolute Gasteiger partial charge is 0.376 e. The molecule has 3 heterocycles. The summed E-state index contributed by atoms with van der Waals surface area (Å²) in [4.78, 5) is 9.97. The van der Waals surface area contributed by atoms with E-state index in [1.165, 1.54) is 64.6 Å². The number of ether oxygens (including phenoxy) is 2. The summed E-state index contributed by atoms with van der Waals surface area (Å²) in [6.07, 6.45) is 13.3. The maximum absolute atomic E-state index is 6.11. The number of aliphatic imine (C=N–C) groups is 1. The van der Waals surface area contributed by atoms with Gasteiger partial charge in [0.25, 0.3) is 0 Å². The molecule has 1 atom stereocenters. The average Bonchev–Trinajstić information content (AvgIpc) is 3.29. The lowest BCUT2D eigenvalue weighted by atomic mass is 10.1. The van der Waals surface area contributed by atoms with Crippen molar-refractivity contribution >= 4 is 5.96 Å². The molecule has 3 aliphatic rings. The normalized spacial score (nSPS) is 24.9. The van der Waals surface area contributed by atoms with Crippen LogP contribution in [-0.2, 0) is 9.47 Å². The van der Waals surface area contributed by atoms with E-state index >= 15 is 0 Å². The van der Waals surface area contributed by atoms with Crippen molar-refractivity contribution < 1.29 is 9.47 Å². The third kappa shape index (κ3) is 8.42. The van der Waals surface area contributed by atoms with Gasteiger partial charge in [-0.25, -0.2) is 0 Å². The predicted molar refractivity (Wildman–Crippen MR) is 120 cm³/mol. The van der Waals surface area contributed by atoms with Gasteiger partial charge in [-0.1, -0.05) is 12.8 Å². The summed E-state index contributed by atoms with van der Waals surface area (Å²) in [5.74, 6) is 1.10. The van der Waals surface area contributed by atoms with Gasteiger partial charge in [0.1, 0.15) is 0 Å². The first-order valence-electron chi connectivity index (χ1n) is 12.3. The third-order valence-corrected chi connectivity index (χ3v) is 6.46. The van der Waals surface area contributed by atoms with E-state index in [9.17, 15) is 0 Å². The Hall–Kier alpha value is -0.850. The van der Waals surface area contributed by atoms with Crippen molar-refractivity contribution in [3.05, 3.63) is 0 Å². The van der Waals surface area contributed by atoms with Crippen LogP contribution < -0.4 is 5.32 Å². The van der Waals surface area contributed by atoms with Crippen LogP contribution in [0.25, 0.3) is 0 Å². The Labute approximate surface area is 178 Å². The summed E-state index contributed by atoms with van der Waals surface area (Å²) in [5, 5.41) is 3.49. The molecule has 0 saturated carbocycles. The summed E-state index contributed by atoms with van der Waals surface area (Å²) in [7, 11) is 0. The van der Waals surface area contributed by atoms with Crippen molar-refractivity contribution in [3.8, 4) is 0 Å². The number of piperidine rings is 2. The highest BCUT2D eigenvalue weighted by Gasteiger charge is 2.24. The van der Waals surface area contributed by atoms with Crippen molar-refractivity contribution in [1.29, 1.82) is 0 Å². The molecule has 1 N–H and O–H groups in total. The zero-order chi connectivity index (χ0) is 20.2. The first-order chi connectivity index (χ1) is 14.3. The number of guanidine groups is 1. The van der Waals surface area contributed by atoms with Crippen LogP contribution in [0.15, 0.2) is 4.99 Å². The lowest BCUT2D eigenvalue weighted by molar-refractivity contribution is -0.0367. The van der Waals surface area contributed by atoms with Crippen LogP contribution in [0.3, 0.4) is 0 Å². The maximum Gasteiger partial charge on any atom is 0.193 e. The number of nitrogens with zero attached hydrogens (tertiary/aromatic N) is 3.